The molecule has 2 N–H and O–H groups in total. The number of aliphatic carboxylic acids is 1. The zero-order valence-electron chi connectivity index (χ0n) is 13.3. The highest BCUT2D eigenvalue weighted by Crippen LogP contribution is 2.21. The summed E-state index contributed by atoms with van der Waals surface area (Å²) in [6.45, 7) is 4.97. The minimum Gasteiger partial charge on any atom is -0.496 e. The molecule has 0 radical (unpaired) electrons. The molecule has 0 fully saturated rings. The maximum absolute atomic E-state index is 12.1. The Morgan fingerprint density at radius 1 is 1.39 bits per heavy atom. The van der Waals surface area contributed by atoms with Crippen molar-refractivity contribution in [2.45, 2.75) is 32.2 Å². The molecule has 1 unspecified atom stereocenters. The van der Waals surface area contributed by atoms with Crippen molar-refractivity contribution in [3.63, 3.8) is 0 Å². The largest absolute Gasteiger partial charge is 0.496 e. The molecular formula is C17H21NO5. The highest BCUT2D eigenvalue weighted by atomic mass is 16.5. The van der Waals surface area contributed by atoms with Gasteiger partial charge in [-0.1, -0.05) is 6.08 Å². The molecule has 1 amide bonds. The Labute approximate surface area is 135 Å². The highest BCUT2D eigenvalue weighted by Gasteiger charge is 2.20. The van der Waals surface area contributed by atoms with Crippen molar-refractivity contribution >= 4 is 17.7 Å². The number of hydrogen-bond donors (Lipinski definition) is 2. The van der Waals surface area contributed by atoms with Gasteiger partial charge in [0, 0.05) is 11.1 Å². The van der Waals surface area contributed by atoms with E-state index in [0.717, 1.165) is 0 Å². The van der Waals surface area contributed by atoms with Crippen molar-refractivity contribution in [3.8, 4) is 5.75 Å². The first-order valence-corrected chi connectivity index (χ1v) is 7.20. The lowest BCUT2D eigenvalue weighted by atomic mass is 10.0. The van der Waals surface area contributed by atoms with E-state index in [0.29, 0.717) is 23.3 Å². The van der Waals surface area contributed by atoms with Crippen LogP contribution in [0.4, 0.5) is 0 Å². The van der Waals surface area contributed by atoms with Crippen LogP contribution in [0.5, 0.6) is 5.75 Å². The molecule has 0 saturated heterocycles. The van der Waals surface area contributed by atoms with Crippen molar-refractivity contribution in [2.75, 3.05) is 7.11 Å². The number of methoxy groups -OCH3 is 1. The van der Waals surface area contributed by atoms with Gasteiger partial charge in [-0.2, -0.15) is 0 Å². The average Bonchev–Trinajstić information content (AvgIpc) is 2.50. The maximum atomic E-state index is 12.1. The summed E-state index contributed by atoms with van der Waals surface area (Å²) in [5.74, 6) is -1.18. The molecule has 0 spiro atoms. The van der Waals surface area contributed by atoms with E-state index in [4.69, 9.17) is 9.84 Å². The van der Waals surface area contributed by atoms with Crippen molar-refractivity contribution in [2.24, 2.45) is 0 Å². The SMILES string of the molecule is C=CCCC(NC(=O)Cc1cc(C(C)=O)ccc1OC)C(=O)O. The fourth-order valence-corrected chi connectivity index (χ4v) is 2.10. The van der Waals surface area contributed by atoms with Crippen LogP contribution >= 0.6 is 0 Å². The predicted octanol–water partition coefficient (Wildman–Crippen LogP) is 1.98. The van der Waals surface area contributed by atoms with E-state index < -0.39 is 17.9 Å². The summed E-state index contributed by atoms with van der Waals surface area (Å²) in [6, 6.07) is 3.85. The van der Waals surface area contributed by atoms with Gasteiger partial charge in [0.05, 0.1) is 13.5 Å². The number of nitrogens with one attached hydrogen (secondary N) is 1. The molecule has 124 valence electrons. The monoisotopic (exact) mass is 319 g/mol. The number of Topliss-reactive ketones (excluding diaryl/α,β-unsaturated/α-hetero) is 1. The Kier molecular flexibility index (Phi) is 6.99. The van der Waals surface area contributed by atoms with Crippen molar-refractivity contribution in [1.29, 1.82) is 0 Å². The number of carboxylic acids is 1. The lowest BCUT2D eigenvalue weighted by Crippen LogP contribution is -2.41. The van der Waals surface area contributed by atoms with Gasteiger partial charge >= 0.3 is 5.97 Å². The Morgan fingerprint density at radius 3 is 2.61 bits per heavy atom. The fraction of sp³-hybridized carbons (Fsp3) is 0.353. The lowest BCUT2D eigenvalue weighted by molar-refractivity contribution is -0.141. The number of carbonyl (C=O) groups excluding carboxylic acids is 2. The van der Waals surface area contributed by atoms with E-state index in [9.17, 15) is 14.4 Å². The number of benzene rings is 1. The molecule has 0 aliphatic carbocycles. The van der Waals surface area contributed by atoms with Gasteiger partial charge in [0.25, 0.3) is 0 Å². The third-order valence-electron chi connectivity index (χ3n) is 3.33. The van der Waals surface area contributed by atoms with Crippen LogP contribution in [0, 0.1) is 0 Å². The van der Waals surface area contributed by atoms with Crippen LogP contribution < -0.4 is 10.1 Å². The first-order valence-electron chi connectivity index (χ1n) is 7.20. The Balaban J connectivity index is 2.86. The molecule has 6 heteroatoms. The minimum atomic E-state index is -1.09. The quantitative estimate of drug-likeness (QED) is 0.536. The van der Waals surface area contributed by atoms with Gasteiger partial charge in [0.2, 0.25) is 5.91 Å². The average molecular weight is 319 g/mol. The number of carbonyl (C=O) groups is 3. The summed E-state index contributed by atoms with van der Waals surface area (Å²) in [6.07, 6.45) is 2.29. The van der Waals surface area contributed by atoms with Crippen LogP contribution in [-0.4, -0.2) is 35.9 Å². The van der Waals surface area contributed by atoms with E-state index in [1.54, 1.807) is 24.3 Å². The van der Waals surface area contributed by atoms with E-state index >= 15 is 0 Å². The van der Waals surface area contributed by atoms with Gasteiger partial charge in [-0.25, -0.2) is 4.79 Å². The first-order chi connectivity index (χ1) is 10.9. The number of ketones is 1. The molecule has 0 aliphatic heterocycles. The third kappa shape index (κ3) is 5.58. The van der Waals surface area contributed by atoms with Gasteiger partial charge in [-0.3, -0.25) is 9.59 Å². The molecule has 1 aromatic carbocycles. The van der Waals surface area contributed by atoms with Crippen LogP contribution in [-0.2, 0) is 16.0 Å². The molecule has 1 rings (SSSR count). The van der Waals surface area contributed by atoms with Crippen LogP contribution in [0.2, 0.25) is 0 Å². The molecule has 0 aliphatic rings. The zero-order valence-corrected chi connectivity index (χ0v) is 13.3. The van der Waals surface area contributed by atoms with E-state index in [1.807, 2.05) is 0 Å². The molecule has 1 atom stereocenters. The summed E-state index contributed by atoms with van der Waals surface area (Å²) >= 11 is 0. The number of amides is 1. The first kappa shape index (κ1) is 18.4. The fourth-order valence-electron chi connectivity index (χ4n) is 2.10. The predicted molar refractivity (Wildman–Crippen MR) is 85.7 cm³/mol. The third-order valence-corrected chi connectivity index (χ3v) is 3.33. The van der Waals surface area contributed by atoms with Gasteiger partial charge in [-0.15, -0.1) is 6.58 Å². The summed E-state index contributed by atoms with van der Waals surface area (Å²) in [4.78, 5) is 34.7. The Hall–Kier alpha value is -2.63. The van der Waals surface area contributed by atoms with Crippen molar-refractivity contribution in [3.05, 3.63) is 42.0 Å². The number of ether oxygens (including phenoxy) is 1. The zero-order chi connectivity index (χ0) is 17.4. The normalized spacial score (nSPS) is 11.4. The molecule has 0 bridgehead atoms. The van der Waals surface area contributed by atoms with Crippen LogP contribution in [0.15, 0.2) is 30.9 Å². The number of carboxylic acid groups (broad SMARTS) is 1. The molecular weight excluding hydrogens is 298 g/mol. The lowest BCUT2D eigenvalue weighted by Gasteiger charge is -2.15. The molecule has 0 saturated carbocycles. The minimum absolute atomic E-state index is 0.0673. The summed E-state index contributed by atoms with van der Waals surface area (Å²) in [7, 11) is 1.47. The summed E-state index contributed by atoms with van der Waals surface area (Å²) in [5, 5.41) is 11.6. The second kappa shape index (κ2) is 8.73. The molecule has 1 aromatic rings. The smallest absolute Gasteiger partial charge is 0.326 e. The van der Waals surface area contributed by atoms with E-state index in [2.05, 4.69) is 11.9 Å². The van der Waals surface area contributed by atoms with Crippen molar-refractivity contribution in [1.82, 2.24) is 5.32 Å². The van der Waals surface area contributed by atoms with Crippen molar-refractivity contribution < 1.29 is 24.2 Å². The van der Waals surface area contributed by atoms with Crippen LogP contribution in [0.1, 0.15) is 35.7 Å². The van der Waals surface area contributed by atoms with Gasteiger partial charge in [0.1, 0.15) is 11.8 Å². The second-order valence-electron chi connectivity index (χ2n) is 5.08. The highest BCUT2D eigenvalue weighted by molar-refractivity contribution is 5.95. The maximum Gasteiger partial charge on any atom is 0.326 e. The Morgan fingerprint density at radius 2 is 2.09 bits per heavy atom. The molecule has 0 aromatic heterocycles. The number of rotatable bonds is 9. The molecule has 23 heavy (non-hydrogen) atoms. The van der Waals surface area contributed by atoms with Crippen LogP contribution in [0.3, 0.4) is 0 Å². The van der Waals surface area contributed by atoms with E-state index in [-0.39, 0.29) is 18.6 Å². The molecule has 0 heterocycles. The number of hydrogen-bond acceptors (Lipinski definition) is 4. The van der Waals surface area contributed by atoms with E-state index in [1.165, 1.54) is 14.0 Å². The topological polar surface area (TPSA) is 92.7 Å². The number of allylic oxidation sites excluding steroid dienone is 1. The second-order valence-corrected chi connectivity index (χ2v) is 5.08. The van der Waals surface area contributed by atoms with Gasteiger partial charge in [-0.05, 0) is 38.0 Å². The Bertz CT molecular complexity index is 609. The van der Waals surface area contributed by atoms with Gasteiger partial charge in [0.15, 0.2) is 5.78 Å². The standard InChI is InChI=1S/C17H21NO5/c1-4-5-6-14(17(21)22)18-16(20)10-13-9-12(11(2)19)7-8-15(13)23-3/h4,7-9,14H,1,5-6,10H2,2-3H3,(H,18,20)(H,21,22). The summed E-state index contributed by atoms with van der Waals surface area (Å²) < 4.78 is 5.18. The van der Waals surface area contributed by atoms with Crippen LogP contribution in [0.25, 0.3) is 0 Å². The summed E-state index contributed by atoms with van der Waals surface area (Å²) in [5.41, 5.74) is 1.00. The molecule has 6 nitrogen and oxygen atoms in total. The van der Waals surface area contributed by atoms with Gasteiger partial charge < -0.3 is 15.2 Å².